The highest BCUT2D eigenvalue weighted by Crippen LogP contribution is 2.26. The molecule has 0 atom stereocenters. The highest BCUT2D eigenvalue weighted by atomic mass is 16.5. The SMILES string of the molecule is COc1cccc(Nc2ccccc2C(=O)NC2CCC(C(=O)O)CC2)c1. The zero-order valence-corrected chi connectivity index (χ0v) is 15.3. The summed E-state index contributed by atoms with van der Waals surface area (Å²) in [6.45, 7) is 0. The molecule has 3 N–H and O–H groups in total. The Morgan fingerprint density at radius 2 is 1.78 bits per heavy atom. The standard InChI is InChI=1S/C21H24N2O4/c1-27-17-6-4-5-16(13-17)22-19-8-3-2-7-18(19)20(24)23-15-11-9-14(10-12-15)21(25)26/h2-8,13-15,22H,9-12H2,1H3,(H,23,24)(H,25,26). The fourth-order valence-electron chi connectivity index (χ4n) is 3.39. The molecule has 1 saturated carbocycles. The number of nitrogens with one attached hydrogen (secondary N) is 2. The molecule has 1 fully saturated rings. The summed E-state index contributed by atoms with van der Waals surface area (Å²) in [5, 5.41) is 15.4. The number of methoxy groups -OCH3 is 1. The van der Waals surface area contributed by atoms with E-state index in [4.69, 9.17) is 9.84 Å². The summed E-state index contributed by atoms with van der Waals surface area (Å²) in [6.07, 6.45) is 2.58. The topological polar surface area (TPSA) is 87.7 Å². The van der Waals surface area contributed by atoms with Crippen molar-refractivity contribution in [2.75, 3.05) is 12.4 Å². The van der Waals surface area contributed by atoms with E-state index in [-0.39, 0.29) is 17.9 Å². The molecule has 0 spiro atoms. The second-order valence-electron chi connectivity index (χ2n) is 6.76. The fraction of sp³-hybridized carbons (Fsp3) is 0.333. The summed E-state index contributed by atoms with van der Waals surface area (Å²) < 4.78 is 5.24. The Kier molecular flexibility index (Phi) is 5.96. The molecule has 0 aromatic heterocycles. The molecule has 27 heavy (non-hydrogen) atoms. The first-order valence-electron chi connectivity index (χ1n) is 9.10. The van der Waals surface area contributed by atoms with Gasteiger partial charge in [-0.05, 0) is 49.9 Å². The Labute approximate surface area is 158 Å². The number of rotatable bonds is 6. The maximum Gasteiger partial charge on any atom is 0.306 e. The summed E-state index contributed by atoms with van der Waals surface area (Å²) >= 11 is 0. The third-order valence-electron chi connectivity index (χ3n) is 4.93. The molecule has 2 aromatic carbocycles. The number of ether oxygens (including phenoxy) is 1. The first kappa shape index (κ1) is 18.8. The number of hydrogen-bond donors (Lipinski definition) is 3. The highest BCUT2D eigenvalue weighted by molar-refractivity contribution is 6.00. The predicted octanol–water partition coefficient (Wildman–Crippen LogP) is 3.81. The summed E-state index contributed by atoms with van der Waals surface area (Å²) in [4.78, 5) is 23.8. The number of carbonyl (C=O) groups is 2. The van der Waals surface area contributed by atoms with E-state index in [0.29, 0.717) is 36.9 Å². The fourth-order valence-corrected chi connectivity index (χ4v) is 3.39. The van der Waals surface area contributed by atoms with Gasteiger partial charge in [-0.25, -0.2) is 0 Å². The average Bonchev–Trinajstić information content (AvgIpc) is 2.69. The average molecular weight is 368 g/mol. The number of carboxylic acids is 1. The van der Waals surface area contributed by atoms with Crippen molar-refractivity contribution in [3.05, 3.63) is 54.1 Å². The van der Waals surface area contributed by atoms with E-state index in [9.17, 15) is 9.59 Å². The van der Waals surface area contributed by atoms with E-state index in [1.165, 1.54) is 0 Å². The Morgan fingerprint density at radius 3 is 2.48 bits per heavy atom. The van der Waals surface area contributed by atoms with Crippen molar-refractivity contribution in [1.82, 2.24) is 5.32 Å². The summed E-state index contributed by atoms with van der Waals surface area (Å²) in [7, 11) is 1.61. The Morgan fingerprint density at radius 1 is 1.04 bits per heavy atom. The smallest absolute Gasteiger partial charge is 0.306 e. The van der Waals surface area contributed by atoms with Gasteiger partial charge in [-0.3, -0.25) is 9.59 Å². The van der Waals surface area contributed by atoms with Gasteiger partial charge in [0.05, 0.1) is 24.3 Å². The number of carbonyl (C=O) groups excluding carboxylic acids is 1. The lowest BCUT2D eigenvalue weighted by atomic mass is 9.86. The van der Waals surface area contributed by atoms with Crippen LogP contribution in [0.15, 0.2) is 48.5 Å². The van der Waals surface area contributed by atoms with Crippen molar-refractivity contribution in [3.63, 3.8) is 0 Å². The summed E-state index contributed by atoms with van der Waals surface area (Å²) in [5.41, 5.74) is 2.10. The predicted molar refractivity (Wildman–Crippen MR) is 104 cm³/mol. The normalized spacial score (nSPS) is 19.1. The molecule has 142 valence electrons. The number of amides is 1. The summed E-state index contributed by atoms with van der Waals surface area (Å²) in [5.74, 6) is -0.454. The second-order valence-corrected chi connectivity index (χ2v) is 6.76. The van der Waals surface area contributed by atoms with Gasteiger partial charge in [0.15, 0.2) is 0 Å². The molecule has 0 radical (unpaired) electrons. The van der Waals surface area contributed by atoms with Crippen LogP contribution in [0, 0.1) is 5.92 Å². The number of hydrogen-bond acceptors (Lipinski definition) is 4. The number of para-hydroxylation sites is 1. The molecule has 0 heterocycles. The van der Waals surface area contributed by atoms with Crippen LogP contribution in [0.5, 0.6) is 5.75 Å². The number of benzene rings is 2. The minimum absolute atomic E-state index is 0.0120. The second kappa shape index (κ2) is 8.58. The molecule has 1 aliphatic carbocycles. The van der Waals surface area contributed by atoms with Gasteiger partial charge in [0.25, 0.3) is 5.91 Å². The van der Waals surface area contributed by atoms with E-state index in [2.05, 4.69) is 10.6 Å². The van der Waals surface area contributed by atoms with Crippen molar-refractivity contribution in [1.29, 1.82) is 0 Å². The van der Waals surface area contributed by atoms with Crippen molar-refractivity contribution in [2.45, 2.75) is 31.7 Å². The van der Waals surface area contributed by atoms with E-state index >= 15 is 0 Å². The zero-order chi connectivity index (χ0) is 19.2. The molecular formula is C21H24N2O4. The minimum atomic E-state index is -0.743. The van der Waals surface area contributed by atoms with E-state index < -0.39 is 5.97 Å². The number of carboxylic acid groups (broad SMARTS) is 1. The third kappa shape index (κ3) is 4.78. The quantitative estimate of drug-likeness (QED) is 0.722. The van der Waals surface area contributed by atoms with E-state index in [0.717, 1.165) is 11.4 Å². The molecule has 2 aromatic rings. The van der Waals surface area contributed by atoms with Crippen LogP contribution in [-0.4, -0.2) is 30.1 Å². The Hall–Kier alpha value is -3.02. The van der Waals surface area contributed by atoms with Crippen LogP contribution in [0.4, 0.5) is 11.4 Å². The van der Waals surface area contributed by atoms with Gasteiger partial charge in [0, 0.05) is 17.8 Å². The number of anilines is 2. The maximum atomic E-state index is 12.8. The van der Waals surface area contributed by atoms with Gasteiger partial charge in [-0.1, -0.05) is 18.2 Å². The van der Waals surface area contributed by atoms with Crippen LogP contribution in [-0.2, 0) is 4.79 Å². The van der Waals surface area contributed by atoms with Gasteiger partial charge in [-0.2, -0.15) is 0 Å². The molecule has 6 nitrogen and oxygen atoms in total. The molecule has 0 bridgehead atoms. The van der Waals surface area contributed by atoms with E-state index in [1.807, 2.05) is 42.5 Å². The molecule has 0 saturated heterocycles. The molecular weight excluding hydrogens is 344 g/mol. The van der Waals surface area contributed by atoms with Gasteiger partial charge in [-0.15, -0.1) is 0 Å². The van der Waals surface area contributed by atoms with Crippen molar-refractivity contribution in [2.24, 2.45) is 5.92 Å². The van der Waals surface area contributed by atoms with Crippen LogP contribution in [0.25, 0.3) is 0 Å². The van der Waals surface area contributed by atoms with Crippen LogP contribution >= 0.6 is 0 Å². The van der Waals surface area contributed by atoms with Gasteiger partial charge in [0.2, 0.25) is 0 Å². The van der Waals surface area contributed by atoms with Crippen LogP contribution in [0.1, 0.15) is 36.0 Å². The van der Waals surface area contributed by atoms with Gasteiger partial charge >= 0.3 is 5.97 Å². The lowest BCUT2D eigenvalue weighted by Crippen LogP contribution is -2.38. The van der Waals surface area contributed by atoms with Crippen LogP contribution in [0.2, 0.25) is 0 Å². The molecule has 0 unspecified atom stereocenters. The zero-order valence-electron chi connectivity index (χ0n) is 15.3. The van der Waals surface area contributed by atoms with Crippen molar-refractivity contribution >= 4 is 23.3 Å². The molecule has 1 amide bonds. The van der Waals surface area contributed by atoms with Crippen LogP contribution < -0.4 is 15.4 Å². The number of aliphatic carboxylic acids is 1. The molecule has 3 rings (SSSR count). The lowest BCUT2D eigenvalue weighted by Gasteiger charge is -2.27. The largest absolute Gasteiger partial charge is 0.497 e. The molecule has 6 heteroatoms. The van der Waals surface area contributed by atoms with Crippen molar-refractivity contribution in [3.8, 4) is 5.75 Å². The first-order chi connectivity index (χ1) is 13.1. The highest BCUT2D eigenvalue weighted by Gasteiger charge is 2.27. The summed E-state index contributed by atoms with van der Waals surface area (Å²) in [6, 6.07) is 14.9. The van der Waals surface area contributed by atoms with Gasteiger partial charge < -0.3 is 20.5 Å². The van der Waals surface area contributed by atoms with Gasteiger partial charge in [0.1, 0.15) is 5.75 Å². The molecule has 1 aliphatic rings. The minimum Gasteiger partial charge on any atom is -0.497 e. The van der Waals surface area contributed by atoms with Crippen molar-refractivity contribution < 1.29 is 19.4 Å². The lowest BCUT2D eigenvalue weighted by molar-refractivity contribution is -0.142. The maximum absolute atomic E-state index is 12.8. The Bertz CT molecular complexity index is 813. The monoisotopic (exact) mass is 368 g/mol. The third-order valence-corrected chi connectivity index (χ3v) is 4.93. The Balaban J connectivity index is 1.68. The first-order valence-corrected chi connectivity index (χ1v) is 9.10. The molecule has 0 aliphatic heterocycles. The van der Waals surface area contributed by atoms with E-state index in [1.54, 1.807) is 13.2 Å². The van der Waals surface area contributed by atoms with Crippen LogP contribution in [0.3, 0.4) is 0 Å².